The first kappa shape index (κ1) is 19.8. The number of aryl methyl sites for hydroxylation is 1. The van der Waals surface area contributed by atoms with Gasteiger partial charge in [0.1, 0.15) is 0 Å². The lowest BCUT2D eigenvalue weighted by Crippen LogP contribution is -1.88. The average Bonchev–Trinajstić information content (AvgIpc) is 2.62. The maximum atomic E-state index is 5.45. The van der Waals surface area contributed by atoms with Gasteiger partial charge in [-0.1, -0.05) is 44.2 Å². The highest BCUT2D eigenvalue weighted by Gasteiger charge is 2.06. The van der Waals surface area contributed by atoms with Crippen molar-refractivity contribution in [3.8, 4) is 11.1 Å². The lowest BCUT2D eigenvalue weighted by molar-refractivity contribution is 0.360. The third-order valence-corrected chi connectivity index (χ3v) is 5.26. The molecule has 0 aliphatic carbocycles. The summed E-state index contributed by atoms with van der Waals surface area (Å²) in [6.07, 6.45) is 0. The molecular weight excluding hydrogens is 496 g/mol. The summed E-state index contributed by atoms with van der Waals surface area (Å²) < 4.78 is 6.48. The fraction of sp³-hybridized carbons (Fsp3) is 0.211. The number of pyridine rings is 1. The summed E-state index contributed by atoms with van der Waals surface area (Å²) in [7, 11) is 0. The van der Waals surface area contributed by atoms with Gasteiger partial charge in [0.25, 0.3) is 0 Å². The zero-order valence-corrected chi connectivity index (χ0v) is 18.7. The minimum atomic E-state index is 0.496. The van der Waals surface area contributed by atoms with E-state index in [1.165, 1.54) is 16.7 Å². The van der Waals surface area contributed by atoms with Crippen molar-refractivity contribution in [2.24, 2.45) is 0 Å². The van der Waals surface area contributed by atoms with Gasteiger partial charge in [-0.3, -0.25) is 4.98 Å². The topological polar surface area (TPSA) is 22.1 Å². The Kier molecular flexibility index (Phi) is 8.08. The van der Waals surface area contributed by atoms with Gasteiger partial charge < -0.3 is 4.52 Å². The van der Waals surface area contributed by atoms with Gasteiger partial charge in [0.05, 0.1) is 18.6 Å². The van der Waals surface area contributed by atoms with Crippen LogP contribution in [-0.2, 0) is 11.1 Å². The fourth-order valence-corrected chi connectivity index (χ4v) is 3.61. The molecule has 2 aromatic carbocycles. The summed E-state index contributed by atoms with van der Waals surface area (Å²) >= 11 is 5.88. The first-order chi connectivity index (χ1) is 11.7. The summed E-state index contributed by atoms with van der Waals surface area (Å²) in [5.41, 5.74) is 5.63. The zero-order chi connectivity index (χ0) is 17.5. The van der Waals surface area contributed by atoms with Gasteiger partial charge in [0, 0.05) is 15.6 Å². The smallest absolute Gasteiger partial charge is 0.0847 e. The molecule has 0 spiro atoms. The largest absolute Gasteiger partial charge is 0.347 e. The van der Waals surface area contributed by atoms with Crippen molar-refractivity contribution in [1.82, 2.24) is 4.98 Å². The summed E-state index contributed by atoms with van der Waals surface area (Å²) in [5, 5.41) is 1.15. The van der Waals surface area contributed by atoms with Gasteiger partial charge in [-0.25, -0.2) is 0 Å². The predicted octanol–water partition coefficient (Wildman–Crippen LogP) is 7.46. The lowest BCUT2D eigenvalue weighted by atomic mass is 10.0. The maximum Gasteiger partial charge on any atom is 0.0847 e. The third-order valence-electron chi connectivity index (χ3n) is 3.47. The van der Waals surface area contributed by atoms with Crippen LogP contribution in [0.5, 0.6) is 0 Å². The van der Waals surface area contributed by atoms with E-state index < -0.39 is 0 Å². The first-order valence-corrected chi connectivity index (χ1v) is 12.6. The molecule has 0 radical (unpaired) electrons. The number of nitrogens with zero attached hydrogens (tertiary/aromatic N) is 1. The second-order valence-corrected chi connectivity index (χ2v) is 7.66. The molecule has 3 rings (SSSR count). The highest BCUT2D eigenvalue weighted by atomic mass is 127. The molecule has 0 amide bonds. The standard InChI is InChI=1S/C17H14BrINOP.C2H6/c1-11-2-5-14-8-15(9-16(18)17(14)20-11)13-6-3-12(4-7-13)10-21-22-19;1-2/h2-9,22H,10H2,1H3;1-2H3. The highest BCUT2D eigenvalue weighted by Crippen LogP contribution is 2.31. The van der Waals surface area contributed by atoms with E-state index in [2.05, 4.69) is 85.4 Å². The molecule has 0 aliphatic rings. The van der Waals surface area contributed by atoms with E-state index in [0.717, 1.165) is 21.1 Å². The second kappa shape index (κ2) is 9.81. The minimum Gasteiger partial charge on any atom is -0.347 e. The molecule has 0 aliphatic heterocycles. The number of fused-ring (bicyclic) bond motifs is 1. The van der Waals surface area contributed by atoms with E-state index in [0.29, 0.717) is 13.1 Å². The van der Waals surface area contributed by atoms with Crippen molar-refractivity contribution in [2.75, 3.05) is 0 Å². The van der Waals surface area contributed by atoms with E-state index in [9.17, 15) is 0 Å². The SMILES string of the molecule is CC.Cc1ccc2cc(-c3ccc(COPI)cc3)cc(Br)c2n1. The van der Waals surface area contributed by atoms with Crippen LogP contribution in [0.4, 0.5) is 0 Å². The number of halogens is 2. The Labute approximate surface area is 166 Å². The molecule has 5 heteroatoms. The average molecular weight is 516 g/mol. The van der Waals surface area contributed by atoms with Crippen molar-refractivity contribution in [3.63, 3.8) is 0 Å². The lowest BCUT2D eigenvalue weighted by Gasteiger charge is -2.08. The zero-order valence-electron chi connectivity index (χ0n) is 13.9. The Morgan fingerprint density at radius 3 is 2.42 bits per heavy atom. The summed E-state index contributed by atoms with van der Waals surface area (Å²) in [5.74, 6) is 0. The fourth-order valence-electron chi connectivity index (χ4n) is 2.36. The van der Waals surface area contributed by atoms with Crippen molar-refractivity contribution in [3.05, 3.63) is 64.3 Å². The number of hydrogen-bond donors (Lipinski definition) is 0. The molecule has 0 bridgehead atoms. The van der Waals surface area contributed by atoms with Crippen molar-refractivity contribution in [2.45, 2.75) is 27.4 Å². The molecule has 2 nitrogen and oxygen atoms in total. The molecular formula is C19H20BrINOP. The molecule has 0 saturated heterocycles. The second-order valence-electron chi connectivity index (χ2n) is 5.05. The van der Waals surface area contributed by atoms with Crippen molar-refractivity contribution >= 4 is 55.3 Å². The van der Waals surface area contributed by atoms with Crippen LogP contribution in [0.3, 0.4) is 0 Å². The Hall–Kier alpha value is -0.550. The van der Waals surface area contributed by atoms with Gasteiger partial charge in [0.15, 0.2) is 0 Å². The number of benzene rings is 2. The molecule has 0 fully saturated rings. The molecule has 1 unspecified atom stereocenters. The van der Waals surface area contributed by atoms with E-state index in [4.69, 9.17) is 4.52 Å². The van der Waals surface area contributed by atoms with Gasteiger partial charge in [-0.05, 0) is 79.8 Å². The number of hydrogen-bond acceptors (Lipinski definition) is 2. The van der Waals surface area contributed by atoms with Crippen LogP contribution >= 0.6 is 44.4 Å². The molecule has 0 saturated carbocycles. The molecule has 24 heavy (non-hydrogen) atoms. The summed E-state index contributed by atoms with van der Waals surface area (Å²) in [6.45, 7) is 7.18. The van der Waals surface area contributed by atoms with Gasteiger partial charge in [0.2, 0.25) is 0 Å². The molecule has 0 N–H and O–H groups in total. The Morgan fingerprint density at radius 1 is 1.04 bits per heavy atom. The maximum absolute atomic E-state index is 5.45. The van der Waals surface area contributed by atoms with E-state index >= 15 is 0 Å². The minimum absolute atomic E-state index is 0.496. The van der Waals surface area contributed by atoms with Crippen LogP contribution < -0.4 is 0 Å². The molecule has 1 aromatic heterocycles. The number of rotatable bonds is 4. The van der Waals surface area contributed by atoms with Crippen LogP contribution in [0.25, 0.3) is 22.0 Å². The number of aromatic nitrogens is 1. The molecule has 1 atom stereocenters. The monoisotopic (exact) mass is 515 g/mol. The molecule has 1 heterocycles. The first-order valence-electron chi connectivity index (χ1n) is 7.81. The van der Waals surface area contributed by atoms with Crippen molar-refractivity contribution in [1.29, 1.82) is 0 Å². The van der Waals surface area contributed by atoms with E-state index in [1.54, 1.807) is 0 Å². The molecule has 126 valence electrons. The molecule has 3 aromatic rings. The van der Waals surface area contributed by atoms with Crippen LogP contribution in [0.2, 0.25) is 0 Å². The van der Waals surface area contributed by atoms with Gasteiger partial charge in [-0.2, -0.15) is 0 Å². The van der Waals surface area contributed by atoms with E-state index in [1.807, 2.05) is 26.8 Å². The third kappa shape index (κ3) is 4.98. The highest BCUT2D eigenvalue weighted by molar-refractivity contribution is 14.2. The van der Waals surface area contributed by atoms with Gasteiger partial charge >= 0.3 is 0 Å². The van der Waals surface area contributed by atoms with Crippen LogP contribution in [-0.4, -0.2) is 4.98 Å². The Morgan fingerprint density at radius 2 is 1.75 bits per heavy atom. The Bertz CT molecular complexity index is 808. The van der Waals surface area contributed by atoms with Crippen LogP contribution in [0.15, 0.2) is 53.0 Å². The van der Waals surface area contributed by atoms with Gasteiger partial charge in [-0.15, -0.1) is 0 Å². The quantitative estimate of drug-likeness (QED) is 0.266. The predicted molar refractivity (Wildman–Crippen MR) is 118 cm³/mol. The normalized spacial score (nSPS) is 10.9. The van der Waals surface area contributed by atoms with Crippen molar-refractivity contribution < 1.29 is 4.52 Å². The summed E-state index contributed by atoms with van der Waals surface area (Å²) in [6, 6.07) is 17.0. The van der Waals surface area contributed by atoms with Crippen LogP contribution in [0, 0.1) is 6.92 Å². The van der Waals surface area contributed by atoms with E-state index in [-0.39, 0.29) is 0 Å². The summed E-state index contributed by atoms with van der Waals surface area (Å²) in [4.78, 5) is 4.59. The van der Waals surface area contributed by atoms with Crippen LogP contribution in [0.1, 0.15) is 25.1 Å². The Balaban J connectivity index is 0.00000100.